The number of allylic oxidation sites excluding steroid dienone is 2. The first-order chi connectivity index (χ1) is 15.5. The van der Waals surface area contributed by atoms with Crippen molar-refractivity contribution in [2.75, 3.05) is 0 Å². The Balaban J connectivity index is 1.31. The fourth-order valence-corrected chi connectivity index (χ4v) is 5.57. The van der Waals surface area contributed by atoms with Crippen LogP contribution in [-0.4, -0.2) is 0 Å². The fourth-order valence-electron chi connectivity index (χ4n) is 5.57. The molecule has 3 heteroatoms. The summed E-state index contributed by atoms with van der Waals surface area (Å²) in [6.07, 6.45) is 23.2. The second kappa shape index (κ2) is 13.1. The number of unbranched alkanes of at least 4 members (excludes halogenated alkanes) is 2. The van der Waals surface area contributed by atoms with Gasteiger partial charge in [0.1, 0.15) is 0 Å². The van der Waals surface area contributed by atoms with Crippen LogP contribution in [0.1, 0.15) is 102 Å². The monoisotopic (exact) mass is 444 g/mol. The van der Waals surface area contributed by atoms with Crippen LogP contribution >= 0.6 is 0 Å². The van der Waals surface area contributed by atoms with Gasteiger partial charge in [0, 0.05) is 5.56 Å². The average Bonchev–Trinajstić information content (AvgIpc) is 2.80. The molecule has 32 heavy (non-hydrogen) atoms. The maximum atomic E-state index is 13.2. The van der Waals surface area contributed by atoms with Crippen LogP contribution in [0.2, 0.25) is 0 Å². The second-order valence-electron chi connectivity index (χ2n) is 10.1. The van der Waals surface area contributed by atoms with Crippen LogP contribution in [0.25, 0.3) is 0 Å². The van der Waals surface area contributed by atoms with Gasteiger partial charge in [-0.05, 0) is 67.6 Å². The number of rotatable bonds is 8. The minimum absolute atomic E-state index is 0.157. The lowest BCUT2D eigenvalue weighted by molar-refractivity contribution is 0.219. The van der Waals surface area contributed by atoms with Crippen LogP contribution in [0.5, 0.6) is 0 Å². The molecule has 2 aliphatic rings. The molecule has 0 spiro atoms. The van der Waals surface area contributed by atoms with E-state index in [1.165, 1.54) is 89.9 Å². The lowest BCUT2D eigenvalue weighted by atomic mass is 9.75. The topological polar surface area (TPSA) is 0 Å². The van der Waals surface area contributed by atoms with E-state index in [9.17, 15) is 13.2 Å². The second-order valence-corrected chi connectivity index (χ2v) is 10.1. The van der Waals surface area contributed by atoms with Gasteiger partial charge in [-0.25, -0.2) is 13.2 Å². The van der Waals surface area contributed by atoms with Crippen molar-refractivity contribution >= 4 is 0 Å². The molecule has 0 bridgehead atoms. The molecule has 0 aromatic heterocycles. The van der Waals surface area contributed by atoms with Gasteiger partial charge in [-0.2, -0.15) is 0 Å². The Labute approximate surface area is 193 Å². The van der Waals surface area contributed by atoms with E-state index in [4.69, 9.17) is 0 Å². The molecule has 2 fully saturated rings. The number of hydrogen-bond donors (Lipinski definition) is 0. The number of benzene rings is 1. The summed E-state index contributed by atoms with van der Waals surface area (Å²) in [5.74, 6) is 5.07. The SMILES string of the molecule is CCCCCC1CCC(CCC2CCC(C=CC#Cc3cc(F)c(F)c(F)c3)CC2)CC1. The molecule has 2 aliphatic carbocycles. The van der Waals surface area contributed by atoms with Crippen LogP contribution in [0.15, 0.2) is 24.3 Å². The highest BCUT2D eigenvalue weighted by atomic mass is 19.2. The summed E-state index contributed by atoms with van der Waals surface area (Å²) in [5, 5.41) is 0. The van der Waals surface area contributed by atoms with Crippen molar-refractivity contribution < 1.29 is 13.2 Å². The van der Waals surface area contributed by atoms with Gasteiger partial charge >= 0.3 is 0 Å². The Kier molecular flexibility index (Phi) is 10.2. The van der Waals surface area contributed by atoms with E-state index in [2.05, 4.69) is 24.8 Å². The average molecular weight is 445 g/mol. The van der Waals surface area contributed by atoms with Crippen molar-refractivity contribution in [1.82, 2.24) is 0 Å². The molecule has 3 rings (SSSR count). The van der Waals surface area contributed by atoms with Gasteiger partial charge in [-0.15, -0.1) is 0 Å². The highest BCUT2D eigenvalue weighted by Gasteiger charge is 2.24. The molecule has 1 aromatic rings. The summed E-state index contributed by atoms with van der Waals surface area (Å²) < 4.78 is 39.5. The molecule has 0 aliphatic heterocycles. The van der Waals surface area contributed by atoms with E-state index in [1.807, 2.05) is 0 Å². The first-order valence-corrected chi connectivity index (χ1v) is 12.9. The van der Waals surface area contributed by atoms with E-state index < -0.39 is 17.5 Å². The van der Waals surface area contributed by atoms with Crippen LogP contribution in [-0.2, 0) is 0 Å². The molecular formula is C29H39F3. The van der Waals surface area contributed by atoms with Gasteiger partial charge < -0.3 is 0 Å². The smallest absolute Gasteiger partial charge is 0.194 e. The van der Waals surface area contributed by atoms with E-state index >= 15 is 0 Å². The molecule has 0 saturated heterocycles. The van der Waals surface area contributed by atoms with E-state index in [0.29, 0.717) is 5.92 Å². The summed E-state index contributed by atoms with van der Waals surface area (Å²) in [6, 6.07) is 1.87. The summed E-state index contributed by atoms with van der Waals surface area (Å²) >= 11 is 0. The van der Waals surface area contributed by atoms with Gasteiger partial charge in [-0.1, -0.05) is 89.0 Å². The summed E-state index contributed by atoms with van der Waals surface area (Å²) in [6.45, 7) is 2.29. The van der Waals surface area contributed by atoms with Crippen molar-refractivity contribution in [1.29, 1.82) is 0 Å². The van der Waals surface area contributed by atoms with Crippen LogP contribution in [0, 0.1) is 53.0 Å². The van der Waals surface area contributed by atoms with E-state index in [1.54, 1.807) is 6.08 Å². The lowest BCUT2D eigenvalue weighted by Gasteiger charge is -2.31. The van der Waals surface area contributed by atoms with Gasteiger partial charge in [0.25, 0.3) is 0 Å². The Morgan fingerprint density at radius 2 is 1.31 bits per heavy atom. The molecule has 0 radical (unpaired) electrons. The normalized spacial score (nSPS) is 26.1. The standard InChI is InChI=1S/C29H39F3/c1-2-3-4-7-22-10-14-24(15-11-22)18-19-25-16-12-23(13-17-25)8-5-6-9-26-20-27(30)29(32)28(31)21-26/h5,8,20-25H,2-4,7,10-19H2,1H3. The molecule has 0 N–H and O–H groups in total. The van der Waals surface area contributed by atoms with Crippen molar-refractivity contribution in [3.63, 3.8) is 0 Å². The highest BCUT2D eigenvalue weighted by Crippen LogP contribution is 2.38. The Morgan fingerprint density at radius 3 is 1.88 bits per heavy atom. The minimum Gasteiger partial charge on any atom is -0.204 e. The van der Waals surface area contributed by atoms with E-state index in [-0.39, 0.29) is 5.56 Å². The third-order valence-corrected chi connectivity index (χ3v) is 7.71. The first-order valence-electron chi connectivity index (χ1n) is 12.9. The molecule has 2 saturated carbocycles. The fraction of sp³-hybridized carbons (Fsp3) is 0.655. The quantitative estimate of drug-likeness (QED) is 0.213. The molecule has 176 valence electrons. The van der Waals surface area contributed by atoms with Gasteiger partial charge in [-0.3, -0.25) is 0 Å². The zero-order valence-corrected chi connectivity index (χ0v) is 19.7. The van der Waals surface area contributed by atoms with Crippen LogP contribution < -0.4 is 0 Å². The Morgan fingerprint density at radius 1 is 0.781 bits per heavy atom. The third-order valence-electron chi connectivity index (χ3n) is 7.71. The zero-order valence-electron chi connectivity index (χ0n) is 19.7. The minimum atomic E-state index is -1.45. The van der Waals surface area contributed by atoms with Crippen molar-refractivity contribution in [2.24, 2.45) is 23.7 Å². The molecular weight excluding hydrogens is 405 g/mol. The van der Waals surface area contributed by atoms with E-state index in [0.717, 1.165) is 29.9 Å². The molecule has 0 nitrogen and oxygen atoms in total. The molecule has 0 unspecified atom stereocenters. The summed E-state index contributed by atoms with van der Waals surface area (Å²) in [5.41, 5.74) is 0.157. The number of hydrogen-bond acceptors (Lipinski definition) is 0. The largest absolute Gasteiger partial charge is 0.204 e. The van der Waals surface area contributed by atoms with Crippen molar-refractivity contribution in [2.45, 2.75) is 96.8 Å². The Hall–Kier alpha value is -1.69. The Bertz CT molecular complexity index is 761. The van der Waals surface area contributed by atoms with Crippen LogP contribution in [0.4, 0.5) is 13.2 Å². The lowest BCUT2D eigenvalue weighted by Crippen LogP contribution is -2.17. The van der Waals surface area contributed by atoms with Gasteiger partial charge in [0.15, 0.2) is 17.5 Å². The van der Waals surface area contributed by atoms with Crippen LogP contribution in [0.3, 0.4) is 0 Å². The maximum Gasteiger partial charge on any atom is 0.194 e. The number of halogens is 3. The zero-order chi connectivity index (χ0) is 22.8. The predicted molar refractivity (Wildman–Crippen MR) is 127 cm³/mol. The molecule has 1 aromatic carbocycles. The molecule has 0 amide bonds. The summed E-state index contributed by atoms with van der Waals surface area (Å²) in [4.78, 5) is 0. The maximum absolute atomic E-state index is 13.2. The van der Waals surface area contributed by atoms with Gasteiger partial charge in [0.2, 0.25) is 0 Å². The molecule has 0 atom stereocenters. The van der Waals surface area contributed by atoms with Gasteiger partial charge in [0.05, 0.1) is 0 Å². The summed E-state index contributed by atoms with van der Waals surface area (Å²) in [7, 11) is 0. The van der Waals surface area contributed by atoms with Crippen molar-refractivity contribution in [3.05, 3.63) is 47.3 Å². The first kappa shape index (κ1) is 24.9. The molecule has 0 heterocycles. The predicted octanol–water partition coefficient (Wildman–Crippen LogP) is 8.98. The third kappa shape index (κ3) is 8.02. The highest BCUT2D eigenvalue weighted by molar-refractivity contribution is 5.37. The van der Waals surface area contributed by atoms with Crippen molar-refractivity contribution in [3.8, 4) is 11.8 Å².